The third-order valence-corrected chi connectivity index (χ3v) is 4.20. The summed E-state index contributed by atoms with van der Waals surface area (Å²) in [5.41, 5.74) is -0.483. The second-order valence-electron chi connectivity index (χ2n) is 5.37. The highest BCUT2D eigenvalue weighted by Crippen LogP contribution is 2.34. The standard InChI is InChI=1S/C12H20F2N2O/c1-15-6-2-11(10-17,3-7-15)16-8-4-12(13,14)5-9-16/h10H,2-9H2,1H3. The Morgan fingerprint density at radius 1 is 1.00 bits per heavy atom. The highest BCUT2D eigenvalue weighted by atomic mass is 19.3. The molecule has 2 rings (SSSR count). The first kappa shape index (κ1) is 12.9. The molecule has 0 bridgehead atoms. The quantitative estimate of drug-likeness (QED) is 0.688. The van der Waals surface area contributed by atoms with Gasteiger partial charge >= 0.3 is 0 Å². The molecule has 2 aliphatic rings. The van der Waals surface area contributed by atoms with Gasteiger partial charge < -0.3 is 9.69 Å². The molecule has 0 unspecified atom stereocenters. The Balaban J connectivity index is 2.02. The van der Waals surface area contributed by atoms with E-state index >= 15 is 0 Å². The fraction of sp³-hybridized carbons (Fsp3) is 0.917. The predicted octanol–water partition coefficient (Wildman–Crippen LogP) is 1.38. The van der Waals surface area contributed by atoms with Gasteiger partial charge in [-0.2, -0.15) is 0 Å². The highest BCUT2D eigenvalue weighted by molar-refractivity contribution is 5.64. The van der Waals surface area contributed by atoms with Crippen LogP contribution in [0.1, 0.15) is 25.7 Å². The van der Waals surface area contributed by atoms with Gasteiger partial charge in [-0.25, -0.2) is 8.78 Å². The van der Waals surface area contributed by atoms with Gasteiger partial charge in [0.05, 0.1) is 5.54 Å². The van der Waals surface area contributed by atoms with Crippen LogP contribution in [0.2, 0.25) is 0 Å². The van der Waals surface area contributed by atoms with Crippen molar-refractivity contribution >= 4 is 6.29 Å². The predicted molar refractivity (Wildman–Crippen MR) is 61.3 cm³/mol. The van der Waals surface area contributed by atoms with Gasteiger partial charge in [0.2, 0.25) is 0 Å². The summed E-state index contributed by atoms with van der Waals surface area (Å²) >= 11 is 0. The molecule has 0 aliphatic carbocycles. The van der Waals surface area contributed by atoms with Crippen molar-refractivity contribution in [2.75, 3.05) is 33.2 Å². The lowest BCUT2D eigenvalue weighted by atomic mass is 9.85. The molecule has 0 aromatic heterocycles. The molecule has 3 nitrogen and oxygen atoms in total. The number of piperidine rings is 2. The van der Waals surface area contributed by atoms with Crippen LogP contribution in [-0.2, 0) is 4.79 Å². The molecule has 2 saturated heterocycles. The van der Waals surface area contributed by atoms with Crippen molar-refractivity contribution < 1.29 is 13.6 Å². The van der Waals surface area contributed by atoms with Gasteiger partial charge in [-0.1, -0.05) is 0 Å². The third-order valence-electron chi connectivity index (χ3n) is 4.20. The Morgan fingerprint density at radius 3 is 2.00 bits per heavy atom. The lowest BCUT2D eigenvalue weighted by molar-refractivity contribution is -0.129. The summed E-state index contributed by atoms with van der Waals surface area (Å²) in [6.45, 7) is 2.42. The fourth-order valence-corrected chi connectivity index (χ4v) is 2.79. The zero-order valence-corrected chi connectivity index (χ0v) is 10.3. The fourth-order valence-electron chi connectivity index (χ4n) is 2.79. The second-order valence-corrected chi connectivity index (χ2v) is 5.37. The van der Waals surface area contributed by atoms with E-state index in [1.54, 1.807) is 0 Å². The third kappa shape index (κ3) is 2.65. The molecule has 0 spiro atoms. The molecular weight excluding hydrogens is 226 g/mol. The van der Waals surface area contributed by atoms with Crippen LogP contribution >= 0.6 is 0 Å². The Hall–Kier alpha value is -0.550. The number of alkyl halides is 2. The average molecular weight is 246 g/mol. The van der Waals surface area contributed by atoms with Gasteiger partial charge in [-0.05, 0) is 19.9 Å². The Kier molecular flexibility index (Phi) is 3.50. The molecule has 0 aromatic carbocycles. The minimum absolute atomic E-state index is 0.113. The molecule has 2 heterocycles. The number of halogens is 2. The molecule has 0 radical (unpaired) electrons. The SMILES string of the molecule is CN1CCC(C=O)(N2CCC(F)(F)CC2)CC1. The first-order valence-electron chi connectivity index (χ1n) is 6.25. The summed E-state index contributed by atoms with van der Waals surface area (Å²) in [5.74, 6) is -2.54. The molecule has 2 aliphatic heterocycles. The molecule has 17 heavy (non-hydrogen) atoms. The van der Waals surface area contributed by atoms with E-state index in [0.29, 0.717) is 13.1 Å². The van der Waals surface area contributed by atoms with Gasteiger partial charge in [-0.3, -0.25) is 4.90 Å². The van der Waals surface area contributed by atoms with Crippen molar-refractivity contribution in [3.63, 3.8) is 0 Å². The van der Waals surface area contributed by atoms with Gasteiger partial charge in [0, 0.05) is 39.0 Å². The minimum atomic E-state index is -2.54. The summed E-state index contributed by atoms with van der Waals surface area (Å²) in [6, 6.07) is 0. The van der Waals surface area contributed by atoms with Gasteiger partial charge in [-0.15, -0.1) is 0 Å². The van der Waals surface area contributed by atoms with E-state index in [0.717, 1.165) is 32.2 Å². The van der Waals surface area contributed by atoms with Crippen LogP contribution in [-0.4, -0.2) is 60.8 Å². The number of aldehydes is 1. The number of carbonyl (C=O) groups is 1. The molecule has 0 amide bonds. The smallest absolute Gasteiger partial charge is 0.250 e. The van der Waals surface area contributed by atoms with Crippen LogP contribution in [0.25, 0.3) is 0 Å². The molecule has 2 fully saturated rings. The molecule has 0 N–H and O–H groups in total. The van der Waals surface area contributed by atoms with Crippen molar-refractivity contribution in [3.8, 4) is 0 Å². The van der Waals surface area contributed by atoms with Crippen LogP contribution in [0.15, 0.2) is 0 Å². The summed E-state index contributed by atoms with van der Waals surface area (Å²) in [7, 11) is 2.03. The lowest BCUT2D eigenvalue weighted by Crippen LogP contribution is -2.59. The average Bonchev–Trinajstić information content (AvgIpc) is 2.31. The van der Waals surface area contributed by atoms with Gasteiger partial charge in [0.1, 0.15) is 6.29 Å². The van der Waals surface area contributed by atoms with Crippen molar-refractivity contribution in [1.82, 2.24) is 9.80 Å². The van der Waals surface area contributed by atoms with E-state index < -0.39 is 11.5 Å². The van der Waals surface area contributed by atoms with Crippen molar-refractivity contribution in [2.45, 2.75) is 37.1 Å². The number of hydrogen-bond donors (Lipinski definition) is 0. The molecule has 5 heteroatoms. The van der Waals surface area contributed by atoms with Crippen LogP contribution in [0.5, 0.6) is 0 Å². The van der Waals surface area contributed by atoms with E-state index in [1.807, 2.05) is 11.9 Å². The van der Waals surface area contributed by atoms with Gasteiger partial charge in [0.15, 0.2) is 0 Å². The number of likely N-dealkylation sites (tertiary alicyclic amines) is 2. The molecule has 0 saturated carbocycles. The zero-order chi connectivity index (χ0) is 12.5. The Bertz CT molecular complexity index is 278. The minimum Gasteiger partial charge on any atom is -0.306 e. The molecule has 0 atom stereocenters. The monoisotopic (exact) mass is 246 g/mol. The maximum Gasteiger partial charge on any atom is 0.250 e. The largest absolute Gasteiger partial charge is 0.306 e. The summed E-state index contributed by atoms with van der Waals surface area (Å²) in [4.78, 5) is 15.6. The first-order valence-corrected chi connectivity index (χ1v) is 6.25. The maximum absolute atomic E-state index is 13.1. The van der Waals surface area contributed by atoms with E-state index in [4.69, 9.17) is 0 Å². The Morgan fingerprint density at radius 2 is 1.53 bits per heavy atom. The summed E-state index contributed by atoms with van der Waals surface area (Å²) in [5, 5.41) is 0. The van der Waals surface area contributed by atoms with Crippen LogP contribution in [0.4, 0.5) is 8.78 Å². The number of hydrogen-bond acceptors (Lipinski definition) is 3. The van der Waals surface area contributed by atoms with E-state index in [2.05, 4.69) is 4.90 Å². The summed E-state index contributed by atoms with van der Waals surface area (Å²) < 4.78 is 26.2. The lowest BCUT2D eigenvalue weighted by Gasteiger charge is -2.47. The van der Waals surface area contributed by atoms with Crippen molar-refractivity contribution in [2.24, 2.45) is 0 Å². The molecular formula is C12H20F2N2O. The zero-order valence-electron chi connectivity index (χ0n) is 10.3. The number of rotatable bonds is 2. The number of nitrogens with zero attached hydrogens (tertiary/aromatic N) is 2. The number of carbonyl (C=O) groups excluding carboxylic acids is 1. The van der Waals surface area contributed by atoms with E-state index in [1.165, 1.54) is 0 Å². The Labute approximate surface area is 101 Å². The van der Waals surface area contributed by atoms with E-state index in [-0.39, 0.29) is 12.8 Å². The molecule has 98 valence electrons. The van der Waals surface area contributed by atoms with Crippen LogP contribution in [0, 0.1) is 0 Å². The maximum atomic E-state index is 13.1. The topological polar surface area (TPSA) is 23.6 Å². The van der Waals surface area contributed by atoms with Crippen molar-refractivity contribution in [1.29, 1.82) is 0 Å². The summed E-state index contributed by atoms with van der Waals surface area (Å²) in [6.07, 6.45) is 2.29. The van der Waals surface area contributed by atoms with Crippen LogP contribution < -0.4 is 0 Å². The first-order chi connectivity index (χ1) is 7.97. The van der Waals surface area contributed by atoms with Crippen LogP contribution in [0.3, 0.4) is 0 Å². The van der Waals surface area contributed by atoms with Crippen molar-refractivity contribution in [3.05, 3.63) is 0 Å². The van der Waals surface area contributed by atoms with E-state index in [9.17, 15) is 13.6 Å². The second kappa shape index (κ2) is 4.61. The molecule has 0 aromatic rings. The highest BCUT2D eigenvalue weighted by Gasteiger charge is 2.44. The normalized spacial score (nSPS) is 30.1. The van der Waals surface area contributed by atoms with Gasteiger partial charge in [0.25, 0.3) is 5.92 Å².